The normalized spacial score (nSPS) is 17.2. The summed E-state index contributed by atoms with van der Waals surface area (Å²) >= 11 is 0. The van der Waals surface area contributed by atoms with Gasteiger partial charge in [-0.2, -0.15) is 0 Å². The van der Waals surface area contributed by atoms with Crippen LogP contribution < -0.4 is 26.2 Å². The van der Waals surface area contributed by atoms with E-state index in [1.807, 2.05) is 36.4 Å². The molecule has 4 N–H and O–H groups in total. The molecule has 8 heteroatoms. The number of urea groups is 2. The van der Waals surface area contributed by atoms with Crippen molar-refractivity contribution < 1.29 is 14.4 Å². The zero-order valence-corrected chi connectivity index (χ0v) is 17.3. The first kappa shape index (κ1) is 20.7. The number of rotatable bonds is 6. The average molecular weight is 422 g/mol. The smallest absolute Gasteiger partial charge is 0.321 e. The molecule has 2 fully saturated rings. The Kier molecular flexibility index (Phi) is 6.06. The molecule has 0 atom stereocenters. The van der Waals surface area contributed by atoms with Crippen LogP contribution in [0.3, 0.4) is 0 Å². The summed E-state index contributed by atoms with van der Waals surface area (Å²) in [4.78, 5) is 39.3. The van der Waals surface area contributed by atoms with Gasteiger partial charge < -0.3 is 21.3 Å². The Morgan fingerprint density at radius 1 is 1.03 bits per heavy atom. The lowest BCUT2D eigenvalue weighted by molar-refractivity contribution is -0.121. The van der Waals surface area contributed by atoms with Gasteiger partial charge in [-0.1, -0.05) is 49.2 Å². The van der Waals surface area contributed by atoms with Crippen LogP contribution in [0.1, 0.15) is 31.2 Å². The first-order chi connectivity index (χ1) is 15.1. The molecule has 8 nitrogen and oxygen atoms in total. The molecule has 0 unspecified atom stereocenters. The van der Waals surface area contributed by atoms with Gasteiger partial charge >= 0.3 is 12.1 Å². The van der Waals surface area contributed by atoms with Crippen LogP contribution in [0.25, 0.3) is 0 Å². The second-order valence-electron chi connectivity index (χ2n) is 7.97. The zero-order chi connectivity index (χ0) is 21.7. The number of nitrogens with zero attached hydrogens (tertiary/aromatic N) is 1. The molecule has 1 saturated heterocycles. The van der Waals surface area contributed by atoms with E-state index in [1.54, 1.807) is 23.1 Å². The Bertz CT molecular complexity index is 957. The maximum absolute atomic E-state index is 13.2. The lowest BCUT2D eigenvalue weighted by Crippen LogP contribution is -2.57. The van der Waals surface area contributed by atoms with Crippen molar-refractivity contribution in [3.8, 4) is 0 Å². The third kappa shape index (κ3) is 4.79. The summed E-state index contributed by atoms with van der Waals surface area (Å²) in [5.41, 5.74) is 1.37. The molecule has 2 aromatic rings. The first-order valence-corrected chi connectivity index (χ1v) is 10.6. The van der Waals surface area contributed by atoms with Crippen LogP contribution in [0.4, 0.5) is 21.0 Å². The minimum atomic E-state index is -0.943. The van der Waals surface area contributed by atoms with Crippen LogP contribution in [0.15, 0.2) is 54.6 Å². The lowest BCUT2D eigenvalue weighted by Gasteiger charge is -2.29. The maximum atomic E-state index is 13.2. The lowest BCUT2D eigenvalue weighted by atomic mass is 9.96. The molecule has 0 radical (unpaired) electrons. The van der Waals surface area contributed by atoms with Gasteiger partial charge in [0.25, 0.3) is 0 Å². The molecule has 5 amide bonds. The molecule has 0 aromatic heterocycles. The van der Waals surface area contributed by atoms with Gasteiger partial charge in [-0.05, 0) is 36.6 Å². The molecule has 2 aliphatic rings. The topological polar surface area (TPSA) is 103 Å². The van der Waals surface area contributed by atoms with E-state index in [-0.39, 0.29) is 18.0 Å². The molecular weight excluding hydrogens is 394 g/mol. The number of anilines is 2. The van der Waals surface area contributed by atoms with Gasteiger partial charge in [0.15, 0.2) is 0 Å². The van der Waals surface area contributed by atoms with Crippen molar-refractivity contribution in [2.75, 3.05) is 23.3 Å². The SMILES string of the molecule is O=C(NCc1ccccc1)NC1(C(=O)Nc2cccc(N3CCNC3=O)c2)CCCC1. The summed E-state index contributed by atoms with van der Waals surface area (Å²) in [6, 6.07) is 16.3. The number of benzene rings is 2. The van der Waals surface area contributed by atoms with Crippen LogP contribution in [0.5, 0.6) is 0 Å². The van der Waals surface area contributed by atoms with Crippen LogP contribution >= 0.6 is 0 Å². The minimum Gasteiger partial charge on any atom is -0.336 e. The van der Waals surface area contributed by atoms with Crippen molar-refractivity contribution in [3.63, 3.8) is 0 Å². The van der Waals surface area contributed by atoms with Crippen molar-refractivity contribution in [1.82, 2.24) is 16.0 Å². The predicted molar refractivity (Wildman–Crippen MR) is 119 cm³/mol. The Labute approximate surface area is 181 Å². The summed E-state index contributed by atoms with van der Waals surface area (Å²) in [6.07, 6.45) is 2.93. The number of amides is 5. The number of nitrogens with one attached hydrogen (secondary N) is 4. The minimum absolute atomic E-state index is 0.146. The van der Waals surface area contributed by atoms with Crippen molar-refractivity contribution in [1.29, 1.82) is 0 Å². The second-order valence-corrected chi connectivity index (χ2v) is 7.97. The van der Waals surface area contributed by atoms with Gasteiger partial charge in [-0.15, -0.1) is 0 Å². The molecule has 0 spiro atoms. The molecule has 0 bridgehead atoms. The van der Waals surface area contributed by atoms with Gasteiger partial charge in [-0.3, -0.25) is 9.69 Å². The highest BCUT2D eigenvalue weighted by Crippen LogP contribution is 2.31. The van der Waals surface area contributed by atoms with E-state index in [0.717, 1.165) is 24.1 Å². The monoisotopic (exact) mass is 421 g/mol. The Hall–Kier alpha value is -3.55. The van der Waals surface area contributed by atoms with E-state index in [0.29, 0.717) is 38.2 Å². The van der Waals surface area contributed by atoms with Crippen molar-refractivity contribution in [2.24, 2.45) is 0 Å². The van der Waals surface area contributed by atoms with Crippen molar-refractivity contribution >= 4 is 29.3 Å². The largest absolute Gasteiger partial charge is 0.336 e. The third-order valence-corrected chi connectivity index (χ3v) is 5.81. The summed E-state index contributed by atoms with van der Waals surface area (Å²) < 4.78 is 0. The van der Waals surface area contributed by atoms with E-state index < -0.39 is 5.54 Å². The number of carbonyl (C=O) groups excluding carboxylic acids is 3. The van der Waals surface area contributed by atoms with E-state index in [1.165, 1.54) is 0 Å². The Balaban J connectivity index is 1.41. The molecule has 1 heterocycles. The molecule has 31 heavy (non-hydrogen) atoms. The molecule has 4 rings (SSSR count). The highest BCUT2D eigenvalue weighted by atomic mass is 16.2. The van der Waals surface area contributed by atoms with Crippen LogP contribution in [0.2, 0.25) is 0 Å². The molecule has 1 aliphatic heterocycles. The van der Waals surface area contributed by atoms with E-state index in [2.05, 4.69) is 21.3 Å². The summed E-state index contributed by atoms with van der Waals surface area (Å²) in [5.74, 6) is -0.233. The Morgan fingerprint density at radius 2 is 1.81 bits per heavy atom. The van der Waals surface area contributed by atoms with E-state index in [9.17, 15) is 14.4 Å². The summed E-state index contributed by atoms with van der Waals surface area (Å²) in [6.45, 7) is 1.58. The van der Waals surface area contributed by atoms with Gasteiger partial charge in [0, 0.05) is 31.0 Å². The van der Waals surface area contributed by atoms with Gasteiger partial charge in [-0.25, -0.2) is 9.59 Å². The van der Waals surface area contributed by atoms with Gasteiger partial charge in [0.05, 0.1) is 0 Å². The standard InChI is InChI=1S/C23H27N5O3/c29-20(26-18-9-6-10-19(15-18)28-14-13-24-22(28)31)23(11-4-5-12-23)27-21(30)25-16-17-7-2-1-3-8-17/h1-3,6-10,15H,4-5,11-14,16H2,(H,24,31)(H,26,29)(H2,25,27,30). The molecule has 1 aliphatic carbocycles. The molecule has 2 aromatic carbocycles. The van der Waals surface area contributed by atoms with Crippen molar-refractivity contribution in [3.05, 3.63) is 60.2 Å². The third-order valence-electron chi connectivity index (χ3n) is 5.81. The fourth-order valence-electron chi connectivity index (χ4n) is 4.15. The Morgan fingerprint density at radius 3 is 2.52 bits per heavy atom. The van der Waals surface area contributed by atoms with Crippen LogP contribution in [0, 0.1) is 0 Å². The van der Waals surface area contributed by atoms with E-state index >= 15 is 0 Å². The number of hydrogen-bond donors (Lipinski definition) is 4. The fraction of sp³-hybridized carbons (Fsp3) is 0.348. The zero-order valence-electron chi connectivity index (χ0n) is 17.3. The number of hydrogen-bond acceptors (Lipinski definition) is 3. The highest BCUT2D eigenvalue weighted by Gasteiger charge is 2.42. The van der Waals surface area contributed by atoms with E-state index in [4.69, 9.17) is 0 Å². The fourth-order valence-corrected chi connectivity index (χ4v) is 4.15. The predicted octanol–water partition coefficient (Wildman–Crippen LogP) is 2.97. The quantitative estimate of drug-likeness (QED) is 0.577. The average Bonchev–Trinajstić information content (AvgIpc) is 3.43. The molecule has 1 saturated carbocycles. The van der Waals surface area contributed by atoms with Crippen LogP contribution in [-0.2, 0) is 11.3 Å². The van der Waals surface area contributed by atoms with Gasteiger partial charge in [0.2, 0.25) is 5.91 Å². The van der Waals surface area contributed by atoms with Crippen molar-refractivity contribution in [2.45, 2.75) is 37.8 Å². The summed E-state index contributed by atoms with van der Waals surface area (Å²) in [7, 11) is 0. The maximum Gasteiger partial charge on any atom is 0.321 e. The van der Waals surface area contributed by atoms with Crippen LogP contribution in [-0.4, -0.2) is 36.6 Å². The highest BCUT2D eigenvalue weighted by molar-refractivity contribution is 6.01. The molecule has 162 valence electrons. The second kappa shape index (κ2) is 9.07. The first-order valence-electron chi connectivity index (χ1n) is 10.6. The number of carbonyl (C=O) groups is 3. The van der Waals surface area contributed by atoms with Gasteiger partial charge in [0.1, 0.15) is 5.54 Å². The summed E-state index contributed by atoms with van der Waals surface area (Å²) in [5, 5.41) is 11.5. The molecular formula is C23H27N5O3.